The number of hydrogen-bond acceptors (Lipinski definition) is 3. The van der Waals surface area contributed by atoms with Crippen molar-refractivity contribution in [3.8, 4) is 0 Å². The fourth-order valence-electron chi connectivity index (χ4n) is 2.57. The Morgan fingerprint density at radius 3 is 2.71 bits per heavy atom. The largest absolute Gasteiger partial charge is 0.480 e. The number of nitrogens with zero attached hydrogens (tertiary/aromatic N) is 1. The summed E-state index contributed by atoms with van der Waals surface area (Å²) in [5.74, 6) is -1.93. The van der Waals surface area contributed by atoms with E-state index in [1.165, 1.54) is 12.1 Å². The molecule has 0 aromatic heterocycles. The minimum atomic E-state index is -4.16. The molecule has 2 rings (SSSR count). The van der Waals surface area contributed by atoms with E-state index in [9.17, 15) is 22.7 Å². The lowest BCUT2D eigenvalue weighted by molar-refractivity contribution is -0.143. The predicted octanol–water partition coefficient (Wildman–Crippen LogP) is 2.01. The summed E-state index contributed by atoms with van der Waals surface area (Å²) in [5, 5.41) is 9.26. The number of benzene rings is 1. The van der Waals surface area contributed by atoms with Crippen LogP contribution in [0.5, 0.6) is 0 Å². The molecule has 1 heterocycles. The molecule has 0 aliphatic carbocycles. The van der Waals surface area contributed by atoms with Crippen LogP contribution in [0.1, 0.15) is 25.3 Å². The second kappa shape index (κ2) is 5.73. The molecule has 2 unspecified atom stereocenters. The standard InChI is InChI=1S/C14H18FNO4S/c1-9-3-4-11(15)13(8-9)21(19,20)16-6-5-10(2)7-12(16)14(17)18/h3-4,8,10,12H,5-7H2,1-2H3,(H,17,18). The van der Waals surface area contributed by atoms with Crippen molar-refractivity contribution in [1.82, 2.24) is 4.31 Å². The Morgan fingerprint density at radius 1 is 1.43 bits per heavy atom. The van der Waals surface area contributed by atoms with Crippen molar-refractivity contribution in [3.05, 3.63) is 29.6 Å². The van der Waals surface area contributed by atoms with E-state index in [4.69, 9.17) is 0 Å². The monoisotopic (exact) mass is 315 g/mol. The number of sulfonamides is 1. The lowest BCUT2D eigenvalue weighted by atomic mass is 9.94. The summed E-state index contributed by atoms with van der Waals surface area (Å²) >= 11 is 0. The van der Waals surface area contributed by atoms with Crippen molar-refractivity contribution < 1.29 is 22.7 Å². The van der Waals surface area contributed by atoms with Gasteiger partial charge in [-0.3, -0.25) is 4.79 Å². The van der Waals surface area contributed by atoms with Crippen LogP contribution in [0.15, 0.2) is 23.1 Å². The SMILES string of the molecule is Cc1ccc(F)c(S(=O)(=O)N2CCC(C)CC2C(=O)O)c1. The first-order valence-electron chi connectivity index (χ1n) is 6.74. The molecule has 0 spiro atoms. The van der Waals surface area contributed by atoms with Crippen molar-refractivity contribution >= 4 is 16.0 Å². The van der Waals surface area contributed by atoms with Gasteiger partial charge in [-0.2, -0.15) is 4.31 Å². The van der Waals surface area contributed by atoms with Gasteiger partial charge in [-0.25, -0.2) is 12.8 Å². The molecule has 1 N–H and O–H groups in total. The third-order valence-corrected chi connectivity index (χ3v) is 5.70. The maximum Gasteiger partial charge on any atom is 0.322 e. The summed E-state index contributed by atoms with van der Waals surface area (Å²) in [7, 11) is -4.16. The van der Waals surface area contributed by atoms with Crippen LogP contribution in [0.2, 0.25) is 0 Å². The van der Waals surface area contributed by atoms with E-state index in [0.717, 1.165) is 10.4 Å². The highest BCUT2D eigenvalue weighted by Crippen LogP contribution is 2.30. The van der Waals surface area contributed by atoms with Gasteiger partial charge in [-0.1, -0.05) is 13.0 Å². The zero-order valence-electron chi connectivity index (χ0n) is 11.9. The molecular weight excluding hydrogens is 297 g/mol. The van der Waals surface area contributed by atoms with Crippen LogP contribution < -0.4 is 0 Å². The maximum absolute atomic E-state index is 13.9. The number of aryl methyl sites for hydroxylation is 1. The van der Waals surface area contributed by atoms with Gasteiger partial charge in [-0.05, 0) is 43.4 Å². The predicted molar refractivity (Wildman–Crippen MR) is 74.9 cm³/mol. The van der Waals surface area contributed by atoms with E-state index in [-0.39, 0.29) is 18.9 Å². The Hall–Kier alpha value is -1.47. The van der Waals surface area contributed by atoms with Crippen LogP contribution in [0.4, 0.5) is 4.39 Å². The van der Waals surface area contributed by atoms with Gasteiger partial charge in [0.25, 0.3) is 0 Å². The third kappa shape index (κ3) is 3.08. The van der Waals surface area contributed by atoms with Crippen LogP contribution in [-0.2, 0) is 14.8 Å². The number of carboxylic acid groups (broad SMARTS) is 1. The average Bonchev–Trinajstić information content (AvgIpc) is 2.41. The minimum Gasteiger partial charge on any atom is -0.480 e. The Labute approximate surface area is 123 Å². The number of piperidine rings is 1. The number of carboxylic acids is 1. The Kier molecular flexibility index (Phi) is 4.34. The smallest absolute Gasteiger partial charge is 0.322 e. The van der Waals surface area contributed by atoms with Crippen LogP contribution in [0.25, 0.3) is 0 Å². The van der Waals surface area contributed by atoms with Crippen LogP contribution in [-0.4, -0.2) is 36.4 Å². The van der Waals surface area contributed by atoms with E-state index in [1.54, 1.807) is 6.92 Å². The van der Waals surface area contributed by atoms with Crippen molar-refractivity contribution in [2.75, 3.05) is 6.54 Å². The van der Waals surface area contributed by atoms with Gasteiger partial charge in [0.15, 0.2) is 0 Å². The molecule has 21 heavy (non-hydrogen) atoms. The summed E-state index contributed by atoms with van der Waals surface area (Å²) in [4.78, 5) is 10.9. The summed E-state index contributed by atoms with van der Waals surface area (Å²) in [6.45, 7) is 3.63. The highest BCUT2D eigenvalue weighted by molar-refractivity contribution is 7.89. The van der Waals surface area contributed by atoms with Crippen molar-refractivity contribution in [2.45, 2.75) is 37.6 Å². The highest BCUT2D eigenvalue weighted by atomic mass is 32.2. The lowest BCUT2D eigenvalue weighted by Gasteiger charge is -2.35. The van der Waals surface area contributed by atoms with Crippen molar-refractivity contribution in [3.63, 3.8) is 0 Å². The Bertz CT molecular complexity index is 659. The maximum atomic E-state index is 13.9. The molecule has 1 aliphatic rings. The van der Waals surface area contributed by atoms with Crippen LogP contribution in [0, 0.1) is 18.7 Å². The number of hydrogen-bond donors (Lipinski definition) is 1. The van der Waals surface area contributed by atoms with Gasteiger partial charge in [0, 0.05) is 6.54 Å². The zero-order valence-corrected chi connectivity index (χ0v) is 12.7. The second-order valence-corrected chi connectivity index (χ2v) is 7.39. The van der Waals surface area contributed by atoms with Crippen molar-refractivity contribution in [1.29, 1.82) is 0 Å². The van der Waals surface area contributed by atoms with E-state index in [2.05, 4.69) is 0 Å². The zero-order chi connectivity index (χ0) is 15.8. The molecule has 7 heteroatoms. The quantitative estimate of drug-likeness (QED) is 0.926. The number of aliphatic carboxylic acids is 1. The normalized spacial score (nSPS) is 24.0. The number of rotatable bonds is 3. The lowest BCUT2D eigenvalue weighted by Crippen LogP contribution is -2.49. The van der Waals surface area contributed by atoms with Gasteiger partial charge in [0.05, 0.1) is 0 Å². The molecule has 1 aromatic carbocycles. The Morgan fingerprint density at radius 2 is 2.10 bits per heavy atom. The second-order valence-electron chi connectivity index (χ2n) is 5.53. The van der Waals surface area contributed by atoms with Crippen LogP contribution in [0.3, 0.4) is 0 Å². The molecule has 0 bridgehead atoms. The first-order chi connectivity index (χ1) is 9.73. The van der Waals surface area contributed by atoms with Gasteiger partial charge < -0.3 is 5.11 Å². The van der Waals surface area contributed by atoms with Crippen molar-refractivity contribution in [2.24, 2.45) is 5.92 Å². The molecule has 1 aliphatic heterocycles. The molecule has 0 amide bonds. The topological polar surface area (TPSA) is 74.7 Å². The van der Waals surface area contributed by atoms with Gasteiger partial charge in [0.2, 0.25) is 10.0 Å². The highest BCUT2D eigenvalue weighted by Gasteiger charge is 2.40. The van der Waals surface area contributed by atoms with Gasteiger partial charge in [0.1, 0.15) is 16.8 Å². The number of carbonyl (C=O) groups is 1. The molecule has 1 aromatic rings. The van der Waals surface area contributed by atoms with E-state index < -0.39 is 32.7 Å². The first-order valence-corrected chi connectivity index (χ1v) is 8.18. The fourth-order valence-corrected chi connectivity index (χ4v) is 4.33. The molecule has 0 saturated carbocycles. The molecule has 1 fully saturated rings. The van der Waals surface area contributed by atoms with E-state index >= 15 is 0 Å². The average molecular weight is 315 g/mol. The minimum absolute atomic E-state index is 0.0911. The number of halogens is 1. The van der Waals surface area contributed by atoms with Gasteiger partial charge in [-0.15, -0.1) is 0 Å². The molecule has 2 atom stereocenters. The Balaban J connectivity index is 2.46. The van der Waals surface area contributed by atoms with Crippen LogP contribution >= 0.6 is 0 Å². The first kappa shape index (κ1) is 15.9. The third-order valence-electron chi connectivity index (χ3n) is 3.77. The molecule has 116 valence electrons. The van der Waals surface area contributed by atoms with Gasteiger partial charge >= 0.3 is 5.97 Å². The summed E-state index contributed by atoms with van der Waals surface area (Å²) < 4.78 is 40.0. The summed E-state index contributed by atoms with van der Waals surface area (Å²) in [6.07, 6.45) is 0.804. The van der Waals surface area contributed by atoms with E-state index in [1.807, 2.05) is 6.92 Å². The summed E-state index contributed by atoms with van der Waals surface area (Å²) in [5.41, 5.74) is 0.604. The molecule has 1 saturated heterocycles. The molecule has 5 nitrogen and oxygen atoms in total. The molecular formula is C14H18FNO4S. The molecule has 0 radical (unpaired) electrons. The van der Waals surface area contributed by atoms with E-state index in [0.29, 0.717) is 12.0 Å². The summed E-state index contributed by atoms with van der Waals surface area (Å²) in [6, 6.07) is 2.66. The fraction of sp³-hybridized carbons (Fsp3) is 0.500.